The molecule has 0 saturated heterocycles. The second kappa shape index (κ2) is 5.94. The number of fused-ring (bicyclic) bond motifs is 1. The second-order valence-corrected chi connectivity index (χ2v) is 4.54. The predicted octanol–water partition coefficient (Wildman–Crippen LogP) is 1.42. The van der Waals surface area contributed by atoms with Crippen molar-refractivity contribution in [2.75, 3.05) is 20.3 Å². The molecule has 0 fully saturated rings. The molecule has 1 unspecified atom stereocenters. The summed E-state index contributed by atoms with van der Waals surface area (Å²) in [6.07, 6.45) is 3.37. The second-order valence-electron chi connectivity index (χ2n) is 4.15. The van der Waals surface area contributed by atoms with E-state index in [-0.39, 0.29) is 11.9 Å². The lowest BCUT2D eigenvalue weighted by atomic mass is 10.3. The van der Waals surface area contributed by atoms with Crippen LogP contribution < -0.4 is 5.32 Å². The normalized spacial score (nSPS) is 12.5. The molecule has 2 rings (SSSR count). The average Bonchev–Trinajstić information content (AvgIpc) is 2.74. The predicted molar refractivity (Wildman–Crippen MR) is 74.5 cm³/mol. The molecule has 0 bridgehead atoms. The van der Waals surface area contributed by atoms with Gasteiger partial charge >= 0.3 is 0 Å². The van der Waals surface area contributed by atoms with Crippen LogP contribution in [0, 0.1) is 4.77 Å². The zero-order valence-corrected chi connectivity index (χ0v) is 11.7. The lowest BCUT2D eigenvalue weighted by Crippen LogP contribution is -2.33. The minimum atomic E-state index is -0.388. The van der Waals surface area contributed by atoms with Crippen molar-refractivity contribution in [1.82, 2.24) is 19.9 Å². The number of hydrogen-bond donors (Lipinski definition) is 2. The molecule has 0 spiro atoms. The first-order valence-corrected chi connectivity index (χ1v) is 6.37. The average molecular weight is 280 g/mol. The van der Waals surface area contributed by atoms with Gasteiger partial charge < -0.3 is 19.6 Å². The van der Waals surface area contributed by atoms with Crippen LogP contribution in [0.3, 0.4) is 0 Å². The van der Waals surface area contributed by atoms with Gasteiger partial charge in [0.05, 0.1) is 23.8 Å². The molecular weight excluding hydrogens is 264 g/mol. The molecule has 2 heterocycles. The van der Waals surface area contributed by atoms with Crippen molar-refractivity contribution < 1.29 is 9.53 Å². The lowest BCUT2D eigenvalue weighted by Gasteiger charge is -2.14. The number of amides is 1. The summed E-state index contributed by atoms with van der Waals surface area (Å²) in [6.45, 7) is 2.78. The van der Waals surface area contributed by atoms with E-state index in [0.29, 0.717) is 17.9 Å². The Bertz CT molecular complexity index is 634. The number of hydrogen-bond acceptors (Lipinski definition) is 4. The Labute approximate surface area is 115 Å². The zero-order valence-electron chi connectivity index (χ0n) is 10.8. The highest BCUT2D eigenvalue weighted by Crippen LogP contribution is 2.18. The molecule has 7 heteroatoms. The molecule has 2 N–H and O–H groups in total. The fourth-order valence-corrected chi connectivity index (χ4v) is 2.27. The van der Waals surface area contributed by atoms with Gasteiger partial charge in [-0.1, -0.05) is 0 Å². The van der Waals surface area contributed by atoms with E-state index >= 15 is 0 Å². The Balaban J connectivity index is 2.26. The summed E-state index contributed by atoms with van der Waals surface area (Å²) in [4.78, 5) is 19.1. The number of ether oxygens (including phenoxy) is 1. The number of imidazole rings is 1. The van der Waals surface area contributed by atoms with Crippen LogP contribution in [-0.4, -0.2) is 40.7 Å². The Morgan fingerprint density at radius 1 is 1.68 bits per heavy atom. The summed E-state index contributed by atoms with van der Waals surface area (Å²) < 4.78 is 7.20. The number of rotatable bonds is 5. The van der Waals surface area contributed by atoms with Gasteiger partial charge in [-0.05, 0) is 25.2 Å². The highest BCUT2D eigenvalue weighted by atomic mass is 32.1. The van der Waals surface area contributed by atoms with Crippen molar-refractivity contribution in [3.8, 4) is 0 Å². The molecule has 1 amide bonds. The lowest BCUT2D eigenvalue weighted by molar-refractivity contribution is -0.124. The van der Waals surface area contributed by atoms with Crippen LogP contribution in [0.1, 0.15) is 13.0 Å². The van der Waals surface area contributed by atoms with Gasteiger partial charge in [0.25, 0.3) is 0 Å². The first-order valence-electron chi connectivity index (χ1n) is 5.96. The first kappa shape index (κ1) is 13.7. The van der Waals surface area contributed by atoms with E-state index in [1.807, 2.05) is 13.0 Å². The van der Waals surface area contributed by atoms with Crippen molar-refractivity contribution in [1.29, 1.82) is 0 Å². The Morgan fingerprint density at radius 2 is 2.47 bits per heavy atom. The van der Waals surface area contributed by atoms with E-state index in [1.165, 1.54) is 0 Å². The number of aromatic nitrogens is 3. The van der Waals surface area contributed by atoms with E-state index < -0.39 is 0 Å². The highest BCUT2D eigenvalue weighted by molar-refractivity contribution is 7.71. The van der Waals surface area contributed by atoms with Crippen LogP contribution in [0.15, 0.2) is 18.5 Å². The van der Waals surface area contributed by atoms with E-state index in [2.05, 4.69) is 15.3 Å². The molecular formula is C12H16N4O2S. The Morgan fingerprint density at radius 3 is 3.21 bits per heavy atom. The van der Waals surface area contributed by atoms with Gasteiger partial charge in [-0.3, -0.25) is 9.78 Å². The van der Waals surface area contributed by atoms with Crippen molar-refractivity contribution >= 4 is 29.2 Å². The van der Waals surface area contributed by atoms with E-state index in [9.17, 15) is 4.79 Å². The minimum absolute atomic E-state index is 0.0918. The van der Waals surface area contributed by atoms with Crippen LogP contribution >= 0.6 is 12.2 Å². The maximum absolute atomic E-state index is 12.0. The monoisotopic (exact) mass is 280 g/mol. The number of aromatic amines is 1. The number of H-pyrrole nitrogens is 1. The zero-order chi connectivity index (χ0) is 13.8. The minimum Gasteiger partial charge on any atom is -0.383 e. The molecule has 0 aliphatic rings. The topological polar surface area (TPSA) is 71.9 Å². The summed E-state index contributed by atoms with van der Waals surface area (Å²) in [6, 6.07) is 1.45. The number of nitrogens with zero attached hydrogens (tertiary/aromatic N) is 2. The molecule has 6 nitrogen and oxygen atoms in total. The highest BCUT2D eigenvalue weighted by Gasteiger charge is 2.17. The summed E-state index contributed by atoms with van der Waals surface area (Å²) in [7, 11) is 1.60. The summed E-state index contributed by atoms with van der Waals surface area (Å²) in [5.74, 6) is -0.0918. The van der Waals surface area contributed by atoms with E-state index in [0.717, 1.165) is 11.0 Å². The number of pyridine rings is 1. The molecule has 2 aromatic heterocycles. The number of carbonyl (C=O) groups excluding carboxylic acids is 1. The molecule has 2 aromatic rings. The summed E-state index contributed by atoms with van der Waals surface area (Å²) in [5, 5.41) is 2.80. The smallest absolute Gasteiger partial charge is 0.242 e. The third-order valence-corrected chi connectivity index (χ3v) is 3.19. The van der Waals surface area contributed by atoms with Gasteiger partial charge in [0, 0.05) is 19.9 Å². The molecule has 0 radical (unpaired) electrons. The number of nitrogens with one attached hydrogen (secondary N) is 2. The fraction of sp³-hybridized carbons (Fsp3) is 0.417. The first-order chi connectivity index (χ1) is 9.15. The molecule has 19 heavy (non-hydrogen) atoms. The maximum Gasteiger partial charge on any atom is 0.242 e. The largest absolute Gasteiger partial charge is 0.383 e. The SMILES string of the molecule is COCCNC(=O)C(C)n1c(=S)[nH]c2cnccc21. The van der Waals surface area contributed by atoms with Crippen LogP contribution in [0.25, 0.3) is 11.0 Å². The summed E-state index contributed by atoms with van der Waals surface area (Å²) in [5.41, 5.74) is 1.69. The van der Waals surface area contributed by atoms with Gasteiger partial charge in [-0.25, -0.2) is 0 Å². The Kier molecular flexibility index (Phi) is 4.28. The molecule has 0 saturated carbocycles. The van der Waals surface area contributed by atoms with Gasteiger partial charge in [0.2, 0.25) is 5.91 Å². The Hall–Kier alpha value is -1.73. The third kappa shape index (κ3) is 2.82. The maximum atomic E-state index is 12.0. The van der Waals surface area contributed by atoms with Crippen LogP contribution in [-0.2, 0) is 9.53 Å². The number of carbonyl (C=O) groups is 1. The van der Waals surface area contributed by atoms with Gasteiger partial charge in [0.1, 0.15) is 6.04 Å². The van der Waals surface area contributed by atoms with Crippen molar-refractivity contribution in [2.45, 2.75) is 13.0 Å². The standard InChI is InChI=1S/C12H16N4O2S/c1-8(11(17)14-5-6-18-2)16-10-3-4-13-7-9(10)15-12(16)19/h3-4,7-8H,5-6H2,1-2H3,(H,14,17)(H,15,19). The molecule has 1 atom stereocenters. The molecule has 0 aliphatic heterocycles. The van der Waals surface area contributed by atoms with Gasteiger partial charge in [0.15, 0.2) is 4.77 Å². The fourth-order valence-electron chi connectivity index (χ4n) is 1.90. The van der Waals surface area contributed by atoms with Crippen molar-refractivity contribution in [2.24, 2.45) is 0 Å². The van der Waals surface area contributed by atoms with Gasteiger partial charge in [-0.15, -0.1) is 0 Å². The van der Waals surface area contributed by atoms with E-state index in [1.54, 1.807) is 24.1 Å². The van der Waals surface area contributed by atoms with Crippen LogP contribution in [0.5, 0.6) is 0 Å². The van der Waals surface area contributed by atoms with Crippen molar-refractivity contribution in [3.05, 3.63) is 23.2 Å². The van der Waals surface area contributed by atoms with Crippen molar-refractivity contribution in [3.63, 3.8) is 0 Å². The third-order valence-electron chi connectivity index (χ3n) is 2.89. The molecule has 0 aliphatic carbocycles. The van der Waals surface area contributed by atoms with Crippen LogP contribution in [0.4, 0.5) is 0 Å². The summed E-state index contributed by atoms with van der Waals surface area (Å²) >= 11 is 5.26. The quantitative estimate of drug-likeness (QED) is 0.642. The number of methoxy groups -OCH3 is 1. The molecule has 0 aromatic carbocycles. The molecule has 102 valence electrons. The van der Waals surface area contributed by atoms with Gasteiger partial charge in [-0.2, -0.15) is 0 Å². The van der Waals surface area contributed by atoms with E-state index in [4.69, 9.17) is 17.0 Å². The van der Waals surface area contributed by atoms with Crippen LogP contribution in [0.2, 0.25) is 0 Å².